The molecule has 1 aliphatic carbocycles. The van der Waals surface area contributed by atoms with Crippen LogP contribution in [0.2, 0.25) is 0 Å². The minimum atomic E-state index is -0.143. The van der Waals surface area contributed by atoms with Crippen LogP contribution in [-0.4, -0.2) is 38.3 Å². The lowest BCUT2D eigenvalue weighted by Gasteiger charge is -2.35. The average Bonchev–Trinajstić information content (AvgIpc) is 2.53. The summed E-state index contributed by atoms with van der Waals surface area (Å²) >= 11 is 0. The van der Waals surface area contributed by atoms with Crippen molar-refractivity contribution in [3.8, 4) is 0 Å². The molecule has 0 unspecified atom stereocenters. The van der Waals surface area contributed by atoms with Crippen molar-refractivity contribution in [1.29, 1.82) is 0 Å². The van der Waals surface area contributed by atoms with Crippen molar-refractivity contribution in [2.24, 2.45) is 5.41 Å². The number of carbonyl (C=O) groups is 1. The number of hydrogen-bond donors (Lipinski definition) is 2. The fourth-order valence-electron chi connectivity index (χ4n) is 3.46. The lowest BCUT2D eigenvalue weighted by atomic mass is 9.76. The second-order valence-corrected chi connectivity index (χ2v) is 6.27. The topological polar surface area (TPSA) is 50.4 Å². The van der Waals surface area contributed by atoms with Gasteiger partial charge in [-0.15, -0.1) is 0 Å². The number of hydrogen-bond acceptors (Lipinski definition) is 3. The molecule has 0 aromatic carbocycles. The van der Waals surface area contributed by atoms with Crippen LogP contribution in [0, 0.1) is 5.41 Å². The molecular formula is C16H30N2O2. The van der Waals surface area contributed by atoms with E-state index in [1.807, 2.05) is 0 Å². The number of carbonyl (C=O) groups excluding carboxylic acids is 1. The predicted octanol–water partition coefficient (Wildman–Crippen LogP) is 2.23. The number of rotatable bonds is 6. The standard InChI is InChI=1S/C16H30N2O2/c1-2-16(8-10-17-11-9-16)15(19)18-12-13-20-14-6-4-3-5-7-14/h14,17H,2-13H2,1H3,(H,18,19). The Labute approximate surface area is 123 Å². The Balaban J connectivity index is 1.65. The molecule has 4 nitrogen and oxygen atoms in total. The number of ether oxygens (including phenoxy) is 1. The van der Waals surface area contributed by atoms with Crippen LogP contribution in [0.5, 0.6) is 0 Å². The summed E-state index contributed by atoms with van der Waals surface area (Å²) in [6, 6.07) is 0. The summed E-state index contributed by atoms with van der Waals surface area (Å²) in [5, 5.41) is 6.43. The molecule has 2 N–H and O–H groups in total. The van der Waals surface area contributed by atoms with Crippen molar-refractivity contribution in [2.75, 3.05) is 26.2 Å². The van der Waals surface area contributed by atoms with E-state index >= 15 is 0 Å². The van der Waals surface area contributed by atoms with Gasteiger partial charge in [0, 0.05) is 6.54 Å². The summed E-state index contributed by atoms with van der Waals surface area (Å²) in [6.07, 6.45) is 9.61. The molecule has 2 rings (SSSR count). The molecule has 20 heavy (non-hydrogen) atoms. The zero-order valence-corrected chi connectivity index (χ0v) is 12.9. The number of nitrogens with one attached hydrogen (secondary N) is 2. The van der Waals surface area contributed by atoms with E-state index in [9.17, 15) is 4.79 Å². The summed E-state index contributed by atoms with van der Waals surface area (Å²) in [5.41, 5.74) is -0.143. The van der Waals surface area contributed by atoms with Gasteiger partial charge in [-0.2, -0.15) is 0 Å². The first-order chi connectivity index (χ1) is 9.77. The highest BCUT2D eigenvalue weighted by Gasteiger charge is 2.37. The van der Waals surface area contributed by atoms with Crippen molar-refractivity contribution in [1.82, 2.24) is 10.6 Å². The Kier molecular flexibility index (Phi) is 6.30. The number of piperidine rings is 1. The maximum Gasteiger partial charge on any atom is 0.226 e. The monoisotopic (exact) mass is 282 g/mol. The van der Waals surface area contributed by atoms with Gasteiger partial charge in [0.15, 0.2) is 0 Å². The third-order valence-corrected chi connectivity index (χ3v) is 5.01. The average molecular weight is 282 g/mol. The second-order valence-electron chi connectivity index (χ2n) is 6.27. The Morgan fingerprint density at radius 3 is 2.60 bits per heavy atom. The molecule has 0 bridgehead atoms. The molecule has 0 radical (unpaired) electrons. The lowest BCUT2D eigenvalue weighted by Crippen LogP contribution is -2.48. The Hall–Kier alpha value is -0.610. The first-order valence-electron chi connectivity index (χ1n) is 8.37. The van der Waals surface area contributed by atoms with Gasteiger partial charge in [-0.1, -0.05) is 26.2 Å². The molecule has 0 aromatic rings. The molecule has 1 amide bonds. The largest absolute Gasteiger partial charge is 0.376 e. The van der Waals surface area contributed by atoms with E-state index < -0.39 is 0 Å². The van der Waals surface area contributed by atoms with E-state index in [0.29, 0.717) is 19.3 Å². The molecule has 0 atom stereocenters. The summed E-state index contributed by atoms with van der Waals surface area (Å²) in [4.78, 5) is 12.4. The normalized spacial score (nSPS) is 23.4. The fourth-order valence-corrected chi connectivity index (χ4v) is 3.46. The zero-order valence-electron chi connectivity index (χ0n) is 12.9. The third-order valence-electron chi connectivity index (χ3n) is 5.01. The molecule has 2 aliphatic rings. The summed E-state index contributed by atoms with van der Waals surface area (Å²) in [5.74, 6) is 0.230. The predicted molar refractivity (Wildman–Crippen MR) is 80.7 cm³/mol. The summed E-state index contributed by atoms with van der Waals surface area (Å²) < 4.78 is 5.86. The maximum absolute atomic E-state index is 12.4. The van der Waals surface area contributed by atoms with Gasteiger partial charge in [-0.3, -0.25) is 4.79 Å². The van der Waals surface area contributed by atoms with Crippen molar-refractivity contribution < 1.29 is 9.53 Å². The molecule has 2 fully saturated rings. The van der Waals surface area contributed by atoms with Gasteiger partial charge < -0.3 is 15.4 Å². The SMILES string of the molecule is CCC1(C(=O)NCCOC2CCCCC2)CCNCC1. The molecule has 1 saturated heterocycles. The van der Waals surface area contributed by atoms with Crippen LogP contribution < -0.4 is 10.6 Å². The summed E-state index contributed by atoms with van der Waals surface area (Å²) in [6.45, 7) is 5.36. The van der Waals surface area contributed by atoms with Crippen molar-refractivity contribution in [3.63, 3.8) is 0 Å². The van der Waals surface area contributed by atoms with Crippen LogP contribution >= 0.6 is 0 Å². The van der Waals surface area contributed by atoms with Crippen molar-refractivity contribution >= 4 is 5.91 Å². The quantitative estimate of drug-likeness (QED) is 0.735. The smallest absolute Gasteiger partial charge is 0.226 e. The molecular weight excluding hydrogens is 252 g/mol. The zero-order chi connectivity index (χ0) is 14.3. The van der Waals surface area contributed by atoms with Crippen LogP contribution in [0.1, 0.15) is 58.3 Å². The van der Waals surface area contributed by atoms with E-state index in [-0.39, 0.29) is 11.3 Å². The van der Waals surface area contributed by atoms with Crippen LogP contribution in [0.4, 0.5) is 0 Å². The van der Waals surface area contributed by atoms with E-state index in [1.165, 1.54) is 32.1 Å². The maximum atomic E-state index is 12.4. The Bertz CT molecular complexity index is 295. The molecule has 1 saturated carbocycles. The van der Waals surface area contributed by atoms with Gasteiger partial charge in [-0.05, 0) is 45.2 Å². The molecule has 1 aliphatic heterocycles. The number of amides is 1. The highest BCUT2D eigenvalue weighted by molar-refractivity contribution is 5.82. The van der Waals surface area contributed by atoms with Crippen LogP contribution in [0.3, 0.4) is 0 Å². The van der Waals surface area contributed by atoms with E-state index in [2.05, 4.69) is 17.6 Å². The van der Waals surface area contributed by atoms with Gasteiger partial charge in [0.1, 0.15) is 0 Å². The van der Waals surface area contributed by atoms with Crippen LogP contribution in [0.25, 0.3) is 0 Å². The third kappa shape index (κ3) is 4.19. The van der Waals surface area contributed by atoms with Crippen molar-refractivity contribution in [2.45, 2.75) is 64.4 Å². The molecule has 4 heteroatoms. The minimum absolute atomic E-state index is 0.143. The molecule has 116 valence electrons. The summed E-state index contributed by atoms with van der Waals surface area (Å²) in [7, 11) is 0. The fraction of sp³-hybridized carbons (Fsp3) is 0.938. The van der Waals surface area contributed by atoms with E-state index in [1.54, 1.807) is 0 Å². The molecule has 1 heterocycles. The highest BCUT2D eigenvalue weighted by Crippen LogP contribution is 2.32. The highest BCUT2D eigenvalue weighted by atomic mass is 16.5. The van der Waals surface area contributed by atoms with Crippen LogP contribution in [0.15, 0.2) is 0 Å². The van der Waals surface area contributed by atoms with E-state index in [4.69, 9.17) is 4.74 Å². The van der Waals surface area contributed by atoms with Gasteiger partial charge >= 0.3 is 0 Å². The van der Waals surface area contributed by atoms with Gasteiger partial charge in [0.2, 0.25) is 5.91 Å². The lowest BCUT2D eigenvalue weighted by molar-refractivity contribution is -0.133. The van der Waals surface area contributed by atoms with Gasteiger partial charge in [-0.25, -0.2) is 0 Å². The first-order valence-corrected chi connectivity index (χ1v) is 8.37. The van der Waals surface area contributed by atoms with Gasteiger partial charge in [0.25, 0.3) is 0 Å². The first kappa shape index (κ1) is 15.8. The minimum Gasteiger partial charge on any atom is -0.376 e. The Morgan fingerprint density at radius 2 is 1.95 bits per heavy atom. The van der Waals surface area contributed by atoms with E-state index in [0.717, 1.165) is 32.4 Å². The Morgan fingerprint density at radius 1 is 1.25 bits per heavy atom. The van der Waals surface area contributed by atoms with Crippen LogP contribution in [-0.2, 0) is 9.53 Å². The molecule has 0 aromatic heterocycles. The molecule has 0 spiro atoms. The van der Waals surface area contributed by atoms with Crippen molar-refractivity contribution in [3.05, 3.63) is 0 Å². The van der Waals surface area contributed by atoms with Gasteiger partial charge in [0.05, 0.1) is 18.1 Å². The second kappa shape index (κ2) is 7.99.